The first-order valence-corrected chi connectivity index (χ1v) is 34.3. The topological polar surface area (TPSA) is 217 Å². The lowest BCUT2D eigenvalue weighted by Crippen LogP contribution is -2.19. The second-order valence-electron chi connectivity index (χ2n) is 19.5. The van der Waals surface area contributed by atoms with Gasteiger partial charge in [-0.05, 0) is 125 Å². The van der Waals surface area contributed by atoms with Crippen LogP contribution in [0.3, 0.4) is 0 Å². The molecule has 0 aliphatic carbocycles. The number of aliphatic carboxylic acids is 3. The Kier molecular flexibility index (Phi) is 44.2. The number of aromatic nitrogens is 2. The van der Waals surface area contributed by atoms with Crippen molar-refractivity contribution in [3.8, 4) is 0 Å². The van der Waals surface area contributed by atoms with Crippen LogP contribution in [0.15, 0.2) is 147 Å². The maximum Gasteiger partial charge on any atom is 0.306 e. The minimum Gasteiger partial charge on any atom is -0.481 e. The third-order valence-electron chi connectivity index (χ3n) is 8.96. The Labute approximate surface area is 537 Å². The highest BCUT2D eigenvalue weighted by Gasteiger charge is 2.26. The van der Waals surface area contributed by atoms with Crippen LogP contribution in [0.5, 0.6) is 0 Å². The smallest absolute Gasteiger partial charge is 0.306 e. The molecule has 6 rings (SSSR count). The number of carboxylic acid groups (broad SMARTS) is 3. The number of anilines is 3. The fourth-order valence-electron chi connectivity index (χ4n) is 5.45. The van der Waals surface area contributed by atoms with Crippen molar-refractivity contribution in [2.45, 2.75) is 147 Å². The summed E-state index contributed by atoms with van der Waals surface area (Å²) in [7, 11) is 16.7. The number of ether oxygens (including phenoxy) is 1. The SMILES string of the molecule is CC(=O)Cl.CC(C)(CC(=O)O)SSc1ccccn1.CC(C)(S)CC(=O)O.CCC.CNc1ccccc1S.CNc1ccccc1SSC(C)(C)CC(=O)O.CNc1ccccc1SSC(C)(C)CC(=O)OC.c1ccc2scnc2c1. The number of carboxylic acids is 3. The van der Waals surface area contributed by atoms with Crippen LogP contribution in [0, 0.1) is 0 Å². The van der Waals surface area contributed by atoms with Crippen LogP contribution in [0.2, 0.25) is 0 Å². The van der Waals surface area contributed by atoms with Crippen LogP contribution >= 0.6 is 113 Å². The molecule has 0 saturated carbocycles. The second kappa shape index (κ2) is 45.3. The summed E-state index contributed by atoms with van der Waals surface area (Å²) in [6.07, 6.45) is 3.80. The van der Waals surface area contributed by atoms with Crippen molar-refractivity contribution in [2.24, 2.45) is 0 Å². The lowest BCUT2D eigenvalue weighted by atomic mass is 10.1. The number of nitrogens with zero attached hydrogens (tertiary/aromatic N) is 2. The molecule has 2 aromatic heterocycles. The summed E-state index contributed by atoms with van der Waals surface area (Å²) in [6, 6.07) is 37.8. The third-order valence-corrected chi connectivity index (χ3v) is 20.2. The lowest BCUT2D eigenvalue weighted by molar-refractivity contribution is -0.141. The summed E-state index contributed by atoms with van der Waals surface area (Å²) < 4.78 is 4.87. The Morgan fingerprint density at radius 2 is 0.964 bits per heavy atom. The molecule has 14 nitrogen and oxygen atoms in total. The van der Waals surface area contributed by atoms with E-state index in [-0.39, 0.29) is 49.5 Å². The minimum absolute atomic E-state index is 0.107. The molecular weight excluding hydrogens is 1250 g/mol. The summed E-state index contributed by atoms with van der Waals surface area (Å²) in [6.45, 7) is 20.9. The van der Waals surface area contributed by atoms with E-state index in [9.17, 15) is 24.0 Å². The van der Waals surface area contributed by atoms with Crippen LogP contribution in [0.4, 0.5) is 17.1 Å². The molecule has 0 aliphatic rings. The van der Waals surface area contributed by atoms with Gasteiger partial charge in [0, 0.05) is 85.0 Å². The molecule has 0 amide bonds. The summed E-state index contributed by atoms with van der Waals surface area (Å²) in [5.74, 6) is -2.50. The largest absolute Gasteiger partial charge is 0.481 e. The van der Waals surface area contributed by atoms with Crippen LogP contribution in [0.25, 0.3) is 10.2 Å². The van der Waals surface area contributed by atoms with E-state index in [1.54, 1.807) is 74.6 Å². The van der Waals surface area contributed by atoms with E-state index in [1.165, 1.54) is 51.6 Å². The highest BCUT2D eigenvalue weighted by atomic mass is 35.5. The third kappa shape index (κ3) is 45.0. The molecule has 0 saturated heterocycles. The number of benzene rings is 4. The monoisotopic (exact) mass is 1330 g/mol. The normalized spacial score (nSPS) is 10.5. The molecule has 460 valence electrons. The fraction of sp³-hybridized carbons (Fsp3) is 0.407. The molecule has 0 radical (unpaired) electrons. The molecular formula is C59H84ClN5O9S9. The van der Waals surface area contributed by atoms with Gasteiger partial charge in [-0.2, -0.15) is 12.6 Å². The Morgan fingerprint density at radius 3 is 1.33 bits per heavy atom. The number of hydrogen-bond acceptors (Lipinski definition) is 20. The van der Waals surface area contributed by atoms with Crippen molar-refractivity contribution >= 4 is 169 Å². The van der Waals surface area contributed by atoms with Gasteiger partial charge in [-0.15, -0.1) is 24.0 Å². The van der Waals surface area contributed by atoms with Crippen molar-refractivity contribution in [1.82, 2.24) is 9.97 Å². The van der Waals surface area contributed by atoms with Crippen LogP contribution in [0.1, 0.15) is 108 Å². The van der Waals surface area contributed by atoms with E-state index in [4.69, 9.17) is 20.1 Å². The molecule has 0 spiro atoms. The van der Waals surface area contributed by atoms with E-state index < -0.39 is 17.9 Å². The van der Waals surface area contributed by atoms with Gasteiger partial charge in [0.15, 0.2) is 0 Å². The Balaban J connectivity index is 0. The summed E-state index contributed by atoms with van der Waals surface area (Å²) >= 11 is 14.5. The molecule has 0 fully saturated rings. The van der Waals surface area contributed by atoms with Crippen LogP contribution in [-0.4, -0.2) is 102 Å². The molecule has 0 bridgehead atoms. The number of thiazole rings is 1. The van der Waals surface area contributed by atoms with Gasteiger partial charge in [0.1, 0.15) is 5.03 Å². The van der Waals surface area contributed by atoms with Gasteiger partial charge >= 0.3 is 23.9 Å². The summed E-state index contributed by atoms with van der Waals surface area (Å²) in [5, 5.41) is 35.6. The highest BCUT2D eigenvalue weighted by Crippen LogP contribution is 2.46. The fourth-order valence-corrected chi connectivity index (χ4v) is 13.6. The zero-order chi connectivity index (χ0) is 63.7. The number of nitrogens with one attached hydrogen (secondary N) is 3. The standard InChI is InChI=1S/C13H19NO2S2.C12H17NO2S2.C10H13NO2S2.C7H5NS.C7H9NS.C5H10O2S.C3H8.C2H3ClO/c1-13(2,9-12(15)16-4)18-17-11-8-6-5-7-10(11)14-3;1-12(2,8-11(14)15)17-16-10-7-5-4-6-9(10)13-3;1-10(2,7-9(12)13)15-14-8-5-3-4-6-11-8;1-2-4-7-6(3-1)8-5-9-7;1-8-6-4-2-3-5-7(6)9;1-5(2,8)3-4(6)7;1-3-2;1-2(3)4/h5-8,14H,9H2,1-4H3;4-7,13H,8H2,1-3H3,(H,14,15);3-6H,7H2,1-2H3,(H,12,13);1-5H;2-5,8-9H,1H3;8H,3H2,1-2H3,(H,6,7);3H2,1-2H3;1H3. The van der Waals surface area contributed by atoms with Crippen molar-refractivity contribution < 1.29 is 44.0 Å². The van der Waals surface area contributed by atoms with Crippen molar-refractivity contribution in [1.29, 1.82) is 0 Å². The highest BCUT2D eigenvalue weighted by molar-refractivity contribution is 8.77. The summed E-state index contributed by atoms with van der Waals surface area (Å²) in [5.41, 5.74) is 6.20. The average molecular weight is 1330 g/mol. The van der Waals surface area contributed by atoms with Crippen molar-refractivity contribution in [3.05, 3.63) is 127 Å². The number of pyridine rings is 1. The molecule has 0 aliphatic heterocycles. The van der Waals surface area contributed by atoms with E-state index in [2.05, 4.69) is 88.8 Å². The number of carbonyl (C=O) groups is 5. The lowest BCUT2D eigenvalue weighted by Gasteiger charge is -2.22. The molecule has 24 heteroatoms. The molecule has 6 aromatic rings. The first-order valence-electron chi connectivity index (χ1n) is 25.7. The van der Waals surface area contributed by atoms with Crippen molar-refractivity contribution in [3.63, 3.8) is 0 Å². The van der Waals surface area contributed by atoms with Gasteiger partial charge in [-0.1, -0.05) is 143 Å². The number of methoxy groups -OCH3 is 1. The Morgan fingerprint density at radius 1 is 0.578 bits per heavy atom. The van der Waals surface area contributed by atoms with Gasteiger partial charge in [0.2, 0.25) is 5.24 Å². The van der Waals surface area contributed by atoms with Gasteiger partial charge < -0.3 is 36.0 Å². The number of fused-ring (bicyclic) bond motifs is 1. The molecule has 2 heterocycles. The Hall–Kier alpha value is -4.04. The number of para-hydroxylation sites is 4. The van der Waals surface area contributed by atoms with Gasteiger partial charge in [0.25, 0.3) is 0 Å². The number of carbonyl (C=O) groups excluding carboxylic acids is 2. The molecule has 83 heavy (non-hydrogen) atoms. The number of hydrogen-bond donors (Lipinski definition) is 8. The number of rotatable bonds is 20. The predicted molar refractivity (Wildman–Crippen MR) is 371 cm³/mol. The van der Waals surface area contributed by atoms with E-state index in [0.29, 0.717) is 6.42 Å². The van der Waals surface area contributed by atoms with E-state index >= 15 is 0 Å². The molecule has 0 unspecified atom stereocenters. The van der Waals surface area contributed by atoms with E-state index in [1.807, 2.05) is 171 Å². The molecule has 6 N–H and O–H groups in total. The minimum atomic E-state index is -0.801. The maximum atomic E-state index is 11.3. The number of thiol groups is 2. The predicted octanol–water partition coefficient (Wildman–Crippen LogP) is 18.3. The number of esters is 1. The molecule has 4 aromatic carbocycles. The summed E-state index contributed by atoms with van der Waals surface area (Å²) in [4.78, 5) is 63.4. The zero-order valence-corrected chi connectivity index (χ0v) is 58.2. The average Bonchev–Trinajstić information content (AvgIpc) is 3.94. The first kappa shape index (κ1) is 81.0. The maximum absolute atomic E-state index is 11.3. The number of halogens is 1. The van der Waals surface area contributed by atoms with Crippen molar-refractivity contribution in [2.75, 3.05) is 44.2 Å². The Bertz CT molecular complexity index is 2740. The quantitative estimate of drug-likeness (QED) is 0.0154. The van der Waals surface area contributed by atoms with Crippen LogP contribution < -0.4 is 16.0 Å². The molecule has 0 atom stereocenters. The van der Waals surface area contributed by atoms with E-state index in [0.717, 1.165) is 37.4 Å². The second-order valence-corrected chi connectivity index (χ2v) is 31.2. The first-order chi connectivity index (χ1) is 38.8. The van der Waals surface area contributed by atoms with Gasteiger partial charge in [-0.3, -0.25) is 24.0 Å². The zero-order valence-electron chi connectivity index (χ0n) is 50.0. The van der Waals surface area contributed by atoms with Gasteiger partial charge in [0.05, 0.1) is 48.5 Å². The van der Waals surface area contributed by atoms with Gasteiger partial charge in [-0.25, -0.2) is 9.97 Å². The van der Waals surface area contributed by atoms with Crippen LogP contribution in [-0.2, 0) is 28.7 Å².